The highest BCUT2D eigenvalue weighted by Crippen LogP contribution is 2.46. The van der Waals surface area contributed by atoms with Gasteiger partial charge in [-0.15, -0.1) is 0 Å². The smallest absolute Gasteiger partial charge is 0.408 e. The Morgan fingerprint density at radius 1 is 0.844 bits per heavy atom. The highest BCUT2D eigenvalue weighted by molar-refractivity contribution is 9.10. The quantitative estimate of drug-likeness (QED) is 0.140. The van der Waals surface area contributed by atoms with E-state index in [4.69, 9.17) is 18.9 Å². The standard InChI is InChI=1S/C36H34BrNO7/c1-36(2,3)45-33(39)29(38-35(41)43-22-24-13-8-5-9-14-24)20-25-17-18-30(42-21-23-11-6-4-7-12-23)27(19-25)31-26-15-10-16-28(37)32(26)44-34(31)40/h4-19,29,31H,20-22H2,1-3H3,(H,38,41)/t29-,31?/m0/s1. The molecule has 0 radical (unpaired) electrons. The number of nitrogens with one attached hydrogen (secondary N) is 1. The molecule has 1 aliphatic rings. The van der Waals surface area contributed by atoms with Gasteiger partial charge in [0, 0.05) is 17.5 Å². The summed E-state index contributed by atoms with van der Waals surface area (Å²) in [5.74, 6) is -0.848. The number of fused-ring (bicyclic) bond motifs is 1. The van der Waals surface area contributed by atoms with E-state index in [1.807, 2.05) is 84.9 Å². The fourth-order valence-corrected chi connectivity index (χ4v) is 5.43. The van der Waals surface area contributed by atoms with E-state index < -0.39 is 35.6 Å². The largest absolute Gasteiger partial charge is 0.489 e. The number of halogens is 1. The molecule has 232 valence electrons. The van der Waals surface area contributed by atoms with E-state index in [2.05, 4.69) is 21.2 Å². The molecule has 0 spiro atoms. The molecule has 0 saturated carbocycles. The molecule has 9 heteroatoms. The van der Waals surface area contributed by atoms with Gasteiger partial charge in [-0.3, -0.25) is 4.79 Å². The first-order chi connectivity index (χ1) is 21.6. The van der Waals surface area contributed by atoms with Crippen molar-refractivity contribution in [2.75, 3.05) is 0 Å². The van der Waals surface area contributed by atoms with Gasteiger partial charge in [0.2, 0.25) is 0 Å². The molecule has 0 fully saturated rings. The summed E-state index contributed by atoms with van der Waals surface area (Å²) in [6.07, 6.45) is -0.676. The van der Waals surface area contributed by atoms with E-state index in [0.29, 0.717) is 32.7 Å². The Balaban J connectivity index is 1.44. The van der Waals surface area contributed by atoms with Crippen molar-refractivity contribution >= 4 is 34.0 Å². The molecular formula is C36H34BrNO7. The van der Waals surface area contributed by atoms with Crippen LogP contribution in [-0.2, 0) is 38.7 Å². The van der Waals surface area contributed by atoms with Crippen LogP contribution in [0.3, 0.4) is 0 Å². The van der Waals surface area contributed by atoms with E-state index in [1.165, 1.54) is 0 Å². The third kappa shape index (κ3) is 8.30. The third-order valence-corrected chi connectivity index (χ3v) is 7.63. The minimum Gasteiger partial charge on any atom is -0.489 e. The second-order valence-corrected chi connectivity index (χ2v) is 12.5. The molecule has 45 heavy (non-hydrogen) atoms. The number of hydrogen-bond donors (Lipinski definition) is 1. The Labute approximate surface area is 270 Å². The number of rotatable bonds is 10. The van der Waals surface area contributed by atoms with Crippen LogP contribution in [0.5, 0.6) is 11.5 Å². The maximum Gasteiger partial charge on any atom is 0.408 e. The molecular weight excluding hydrogens is 638 g/mol. The predicted octanol–water partition coefficient (Wildman–Crippen LogP) is 7.26. The lowest BCUT2D eigenvalue weighted by Crippen LogP contribution is -2.45. The average Bonchev–Trinajstić information content (AvgIpc) is 3.36. The Morgan fingerprint density at radius 3 is 2.18 bits per heavy atom. The summed E-state index contributed by atoms with van der Waals surface area (Å²) in [6.45, 7) is 5.61. The fraction of sp³-hybridized carbons (Fsp3) is 0.250. The lowest BCUT2D eigenvalue weighted by Gasteiger charge is -2.25. The van der Waals surface area contributed by atoms with Crippen molar-refractivity contribution in [3.05, 3.63) is 129 Å². The molecule has 0 aliphatic carbocycles. The molecule has 4 aromatic carbocycles. The molecule has 2 atom stereocenters. The van der Waals surface area contributed by atoms with Crippen molar-refractivity contribution in [2.24, 2.45) is 0 Å². The second kappa shape index (κ2) is 14.0. The van der Waals surface area contributed by atoms with Crippen molar-refractivity contribution in [1.82, 2.24) is 5.32 Å². The topological polar surface area (TPSA) is 100 Å². The van der Waals surface area contributed by atoms with Crippen LogP contribution in [0.25, 0.3) is 0 Å². The first-order valence-corrected chi connectivity index (χ1v) is 15.4. The van der Waals surface area contributed by atoms with Gasteiger partial charge in [-0.25, -0.2) is 9.59 Å². The summed E-state index contributed by atoms with van der Waals surface area (Å²) in [5.41, 5.74) is 2.95. The Hall–Kier alpha value is -4.63. The van der Waals surface area contributed by atoms with Gasteiger partial charge in [0.25, 0.3) is 0 Å². The molecule has 1 amide bonds. The molecule has 1 unspecified atom stereocenters. The van der Waals surface area contributed by atoms with Crippen LogP contribution in [-0.4, -0.2) is 29.7 Å². The van der Waals surface area contributed by atoms with Crippen LogP contribution in [0, 0.1) is 0 Å². The van der Waals surface area contributed by atoms with Crippen molar-refractivity contribution < 1.29 is 33.3 Å². The highest BCUT2D eigenvalue weighted by atomic mass is 79.9. The van der Waals surface area contributed by atoms with Gasteiger partial charge in [0.05, 0.1) is 4.47 Å². The minimum atomic E-state index is -1.06. The van der Waals surface area contributed by atoms with Gasteiger partial charge in [0.15, 0.2) is 0 Å². The van der Waals surface area contributed by atoms with Gasteiger partial charge >= 0.3 is 18.0 Å². The summed E-state index contributed by atoms with van der Waals surface area (Å²) >= 11 is 3.48. The first kappa shape index (κ1) is 31.8. The Morgan fingerprint density at radius 2 is 1.51 bits per heavy atom. The number of ether oxygens (including phenoxy) is 4. The van der Waals surface area contributed by atoms with Crippen LogP contribution >= 0.6 is 15.9 Å². The first-order valence-electron chi connectivity index (χ1n) is 14.6. The van der Waals surface area contributed by atoms with Crippen molar-refractivity contribution in [3.63, 3.8) is 0 Å². The molecule has 4 aromatic rings. The van der Waals surface area contributed by atoms with E-state index >= 15 is 0 Å². The molecule has 0 aromatic heterocycles. The molecule has 5 rings (SSSR count). The maximum atomic E-state index is 13.3. The van der Waals surface area contributed by atoms with Gasteiger partial charge in [-0.05, 0) is 65.5 Å². The normalized spacial score (nSPS) is 14.6. The molecule has 1 N–H and O–H groups in total. The number of amides is 1. The monoisotopic (exact) mass is 671 g/mol. The van der Waals surface area contributed by atoms with Crippen LogP contribution in [0.4, 0.5) is 4.79 Å². The van der Waals surface area contributed by atoms with Crippen LogP contribution in [0.15, 0.2) is 102 Å². The van der Waals surface area contributed by atoms with E-state index in [0.717, 1.165) is 11.1 Å². The zero-order chi connectivity index (χ0) is 32.0. The fourth-order valence-electron chi connectivity index (χ4n) is 4.97. The average molecular weight is 673 g/mol. The van der Waals surface area contributed by atoms with E-state index in [9.17, 15) is 14.4 Å². The van der Waals surface area contributed by atoms with Crippen LogP contribution < -0.4 is 14.8 Å². The zero-order valence-corrected chi connectivity index (χ0v) is 26.8. The summed E-state index contributed by atoms with van der Waals surface area (Å²) in [5, 5.41) is 2.68. The molecule has 1 aliphatic heterocycles. The highest BCUT2D eigenvalue weighted by Gasteiger charge is 2.38. The summed E-state index contributed by atoms with van der Waals surface area (Å²) in [7, 11) is 0. The summed E-state index contributed by atoms with van der Waals surface area (Å²) in [6, 6.07) is 28.8. The van der Waals surface area contributed by atoms with Crippen molar-refractivity contribution in [1.29, 1.82) is 0 Å². The molecule has 8 nitrogen and oxygen atoms in total. The number of para-hydroxylation sites is 1. The van der Waals surface area contributed by atoms with Gasteiger partial charge < -0.3 is 24.3 Å². The number of hydrogen-bond acceptors (Lipinski definition) is 7. The number of carbonyl (C=O) groups excluding carboxylic acids is 3. The number of benzene rings is 4. The van der Waals surface area contributed by atoms with Crippen molar-refractivity contribution in [3.8, 4) is 11.5 Å². The zero-order valence-electron chi connectivity index (χ0n) is 25.2. The summed E-state index contributed by atoms with van der Waals surface area (Å²) < 4.78 is 23.6. The second-order valence-electron chi connectivity index (χ2n) is 11.7. The number of carbonyl (C=O) groups is 3. The SMILES string of the molecule is CC(C)(C)OC(=O)[C@H](Cc1ccc(OCc2ccccc2)c(C2C(=O)Oc3c(Br)cccc32)c1)NC(=O)OCc1ccccc1. The molecule has 0 saturated heterocycles. The van der Waals surface area contributed by atoms with Crippen LogP contribution in [0.1, 0.15) is 54.5 Å². The number of esters is 2. The predicted molar refractivity (Wildman–Crippen MR) is 172 cm³/mol. The van der Waals surface area contributed by atoms with Gasteiger partial charge in [0.1, 0.15) is 42.3 Å². The Bertz CT molecular complexity index is 1670. The van der Waals surface area contributed by atoms with E-state index in [-0.39, 0.29) is 19.6 Å². The minimum absolute atomic E-state index is 0.0457. The van der Waals surface area contributed by atoms with Crippen LogP contribution in [0.2, 0.25) is 0 Å². The molecule has 1 heterocycles. The van der Waals surface area contributed by atoms with Gasteiger partial charge in [-0.2, -0.15) is 0 Å². The Kier molecular flexibility index (Phi) is 9.88. The lowest BCUT2D eigenvalue weighted by molar-refractivity contribution is -0.157. The van der Waals surface area contributed by atoms with E-state index in [1.54, 1.807) is 32.9 Å². The maximum absolute atomic E-state index is 13.3. The van der Waals surface area contributed by atoms with Crippen molar-refractivity contribution in [2.45, 2.75) is 58.0 Å². The lowest BCUT2D eigenvalue weighted by atomic mass is 9.89. The molecule has 0 bridgehead atoms. The third-order valence-electron chi connectivity index (χ3n) is 7.01. The van der Waals surface area contributed by atoms with Gasteiger partial charge in [-0.1, -0.05) is 84.9 Å². The number of alkyl carbamates (subject to hydrolysis) is 1. The summed E-state index contributed by atoms with van der Waals surface area (Å²) in [4.78, 5) is 39.4.